The standard InChI is InChI=1S/C18H24N4O2/c19-13-14-3-1-2-4-17(14)21-9-11-22(12-10-21)18(24)20-15-5-7-16(23)8-6-15/h1-4,15-16,23H,5-12H2,(H,20,24). The molecule has 0 bridgehead atoms. The highest BCUT2D eigenvalue weighted by Crippen LogP contribution is 2.22. The fourth-order valence-electron chi connectivity index (χ4n) is 3.48. The Hall–Kier alpha value is -2.26. The molecular weight excluding hydrogens is 304 g/mol. The lowest BCUT2D eigenvalue weighted by molar-refractivity contribution is 0.115. The van der Waals surface area contributed by atoms with Gasteiger partial charge in [-0.2, -0.15) is 5.26 Å². The third-order valence-electron chi connectivity index (χ3n) is 4.96. The smallest absolute Gasteiger partial charge is 0.317 e. The van der Waals surface area contributed by atoms with Gasteiger partial charge in [-0.05, 0) is 37.8 Å². The first-order valence-electron chi connectivity index (χ1n) is 8.65. The first-order valence-corrected chi connectivity index (χ1v) is 8.65. The molecule has 2 aliphatic rings. The second kappa shape index (κ2) is 7.54. The molecular formula is C18H24N4O2. The van der Waals surface area contributed by atoms with Crippen LogP contribution in [0.2, 0.25) is 0 Å². The van der Waals surface area contributed by atoms with E-state index in [0.29, 0.717) is 18.7 Å². The number of anilines is 1. The van der Waals surface area contributed by atoms with Gasteiger partial charge in [0.2, 0.25) is 0 Å². The van der Waals surface area contributed by atoms with Crippen LogP contribution in [0.3, 0.4) is 0 Å². The molecule has 1 saturated heterocycles. The van der Waals surface area contributed by atoms with Gasteiger partial charge in [-0.1, -0.05) is 12.1 Å². The summed E-state index contributed by atoms with van der Waals surface area (Å²) < 4.78 is 0. The van der Waals surface area contributed by atoms with Crippen molar-refractivity contribution in [1.29, 1.82) is 5.26 Å². The van der Waals surface area contributed by atoms with Crippen LogP contribution in [-0.2, 0) is 0 Å². The summed E-state index contributed by atoms with van der Waals surface area (Å²) in [6, 6.07) is 9.99. The van der Waals surface area contributed by atoms with Gasteiger partial charge in [0.15, 0.2) is 0 Å². The first kappa shape index (κ1) is 16.6. The molecule has 1 aliphatic heterocycles. The van der Waals surface area contributed by atoms with E-state index in [0.717, 1.165) is 44.5 Å². The van der Waals surface area contributed by atoms with Crippen LogP contribution in [-0.4, -0.2) is 54.4 Å². The van der Waals surface area contributed by atoms with Crippen LogP contribution in [0.4, 0.5) is 10.5 Å². The van der Waals surface area contributed by atoms with E-state index in [-0.39, 0.29) is 18.2 Å². The molecule has 2 fully saturated rings. The van der Waals surface area contributed by atoms with E-state index >= 15 is 0 Å². The van der Waals surface area contributed by atoms with E-state index in [2.05, 4.69) is 16.3 Å². The summed E-state index contributed by atoms with van der Waals surface area (Å²) in [7, 11) is 0. The molecule has 0 unspecified atom stereocenters. The van der Waals surface area contributed by atoms with Crippen LogP contribution in [0, 0.1) is 11.3 Å². The highest BCUT2D eigenvalue weighted by molar-refractivity contribution is 5.75. The Balaban J connectivity index is 1.51. The monoisotopic (exact) mass is 328 g/mol. The molecule has 1 aromatic rings. The highest BCUT2D eigenvalue weighted by atomic mass is 16.3. The van der Waals surface area contributed by atoms with Crippen molar-refractivity contribution in [2.45, 2.75) is 37.8 Å². The number of urea groups is 1. The molecule has 6 nitrogen and oxygen atoms in total. The minimum atomic E-state index is -0.207. The van der Waals surface area contributed by atoms with E-state index in [1.165, 1.54) is 0 Å². The molecule has 1 saturated carbocycles. The number of rotatable bonds is 2. The van der Waals surface area contributed by atoms with Crippen LogP contribution < -0.4 is 10.2 Å². The molecule has 128 valence electrons. The summed E-state index contributed by atoms with van der Waals surface area (Å²) in [5.41, 5.74) is 1.62. The Morgan fingerprint density at radius 3 is 2.46 bits per heavy atom. The molecule has 2 amide bonds. The zero-order valence-corrected chi connectivity index (χ0v) is 13.8. The van der Waals surface area contributed by atoms with E-state index in [1.807, 2.05) is 29.2 Å². The van der Waals surface area contributed by atoms with Gasteiger partial charge in [-0.15, -0.1) is 0 Å². The van der Waals surface area contributed by atoms with Crippen molar-refractivity contribution >= 4 is 11.7 Å². The van der Waals surface area contributed by atoms with Gasteiger partial charge >= 0.3 is 6.03 Å². The second-order valence-electron chi connectivity index (χ2n) is 6.56. The highest BCUT2D eigenvalue weighted by Gasteiger charge is 2.26. The molecule has 2 N–H and O–H groups in total. The number of aliphatic hydroxyl groups is 1. The first-order chi connectivity index (χ1) is 11.7. The van der Waals surface area contributed by atoms with E-state index < -0.39 is 0 Å². The van der Waals surface area contributed by atoms with Crippen molar-refractivity contribution in [1.82, 2.24) is 10.2 Å². The van der Waals surface area contributed by atoms with Crippen LogP contribution >= 0.6 is 0 Å². The number of nitriles is 1. The summed E-state index contributed by atoms with van der Waals surface area (Å²) in [6.07, 6.45) is 3.03. The molecule has 1 aliphatic carbocycles. The average molecular weight is 328 g/mol. The maximum absolute atomic E-state index is 12.4. The van der Waals surface area contributed by atoms with Gasteiger partial charge in [-0.25, -0.2) is 4.79 Å². The Kier molecular flexibility index (Phi) is 5.21. The fourth-order valence-corrected chi connectivity index (χ4v) is 3.48. The van der Waals surface area contributed by atoms with Crippen LogP contribution in [0.1, 0.15) is 31.2 Å². The summed E-state index contributed by atoms with van der Waals surface area (Å²) in [6.45, 7) is 2.77. The molecule has 0 aromatic heterocycles. The third-order valence-corrected chi connectivity index (χ3v) is 4.96. The largest absolute Gasteiger partial charge is 0.393 e. The van der Waals surface area contributed by atoms with Crippen molar-refractivity contribution < 1.29 is 9.90 Å². The number of nitrogens with zero attached hydrogens (tertiary/aromatic N) is 3. The number of piperazine rings is 1. The molecule has 6 heteroatoms. The molecule has 3 rings (SSSR count). The van der Waals surface area contributed by atoms with Crippen LogP contribution in [0.25, 0.3) is 0 Å². The quantitative estimate of drug-likeness (QED) is 0.866. The molecule has 0 atom stereocenters. The number of hydrogen-bond donors (Lipinski definition) is 2. The lowest BCUT2D eigenvalue weighted by Gasteiger charge is -2.37. The molecule has 0 radical (unpaired) electrons. The normalized spacial score (nSPS) is 24.3. The maximum atomic E-state index is 12.4. The Morgan fingerprint density at radius 1 is 1.12 bits per heavy atom. The fraction of sp³-hybridized carbons (Fsp3) is 0.556. The third kappa shape index (κ3) is 3.80. The lowest BCUT2D eigenvalue weighted by Crippen LogP contribution is -2.54. The lowest BCUT2D eigenvalue weighted by atomic mass is 9.93. The number of para-hydroxylation sites is 1. The summed E-state index contributed by atoms with van der Waals surface area (Å²) >= 11 is 0. The van der Waals surface area contributed by atoms with E-state index in [4.69, 9.17) is 0 Å². The molecule has 1 heterocycles. The Labute approximate surface area is 142 Å². The number of hydrogen-bond acceptors (Lipinski definition) is 4. The summed E-state index contributed by atoms with van der Waals surface area (Å²) in [5.74, 6) is 0. The van der Waals surface area contributed by atoms with Gasteiger partial charge in [0.05, 0.1) is 17.4 Å². The number of nitrogens with one attached hydrogen (secondary N) is 1. The Morgan fingerprint density at radius 2 is 1.79 bits per heavy atom. The number of benzene rings is 1. The summed E-state index contributed by atoms with van der Waals surface area (Å²) in [4.78, 5) is 16.4. The second-order valence-corrected chi connectivity index (χ2v) is 6.56. The van der Waals surface area contributed by atoms with Gasteiger partial charge in [0.1, 0.15) is 6.07 Å². The number of carbonyl (C=O) groups excluding carboxylic acids is 1. The minimum absolute atomic E-state index is 0.00962. The molecule has 0 spiro atoms. The van der Waals surface area contributed by atoms with Crippen LogP contribution in [0.5, 0.6) is 0 Å². The predicted molar refractivity (Wildman–Crippen MR) is 91.7 cm³/mol. The predicted octanol–water partition coefficient (Wildman–Crippen LogP) is 1.69. The summed E-state index contributed by atoms with van der Waals surface area (Å²) in [5, 5.41) is 21.9. The van der Waals surface area contributed by atoms with Gasteiger partial charge < -0.3 is 20.2 Å². The zero-order valence-electron chi connectivity index (χ0n) is 13.8. The average Bonchev–Trinajstić information content (AvgIpc) is 2.63. The SMILES string of the molecule is N#Cc1ccccc1N1CCN(C(=O)NC2CCC(O)CC2)CC1. The van der Waals surface area contributed by atoms with E-state index in [1.54, 1.807) is 0 Å². The number of amides is 2. The van der Waals surface area contributed by atoms with Gasteiger partial charge in [-0.3, -0.25) is 0 Å². The van der Waals surface area contributed by atoms with Crippen molar-refractivity contribution in [2.75, 3.05) is 31.1 Å². The minimum Gasteiger partial charge on any atom is -0.393 e. The van der Waals surface area contributed by atoms with Gasteiger partial charge in [0.25, 0.3) is 0 Å². The molecule has 24 heavy (non-hydrogen) atoms. The van der Waals surface area contributed by atoms with Crippen molar-refractivity contribution in [3.8, 4) is 6.07 Å². The molecule has 1 aromatic carbocycles. The van der Waals surface area contributed by atoms with Gasteiger partial charge in [0, 0.05) is 32.2 Å². The number of aliphatic hydroxyl groups excluding tert-OH is 1. The van der Waals surface area contributed by atoms with Crippen LogP contribution in [0.15, 0.2) is 24.3 Å². The maximum Gasteiger partial charge on any atom is 0.317 e. The zero-order chi connectivity index (χ0) is 16.9. The Bertz CT molecular complexity index is 612. The number of carbonyl (C=O) groups is 1. The van der Waals surface area contributed by atoms with Crippen molar-refractivity contribution in [3.63, 3.8) is 0 Å². The topological polar surface area (TPSA) is 79.6 Å². The van der Waals surface area contributed by atoms with Crippen molar-refractivity contribution in [2.24, 2.45) is 0 Å². The van der Waals surface area contributed by atoms with Crippen molar-refractivity contribution in [3.05, 3.63) is 29.8 Å². The van der Waals surface area contributed by atoms with E-state index in [9.17, 15) is 15.2 Å².